The minimum Gasteiger partial charge on any atom is -0.467 e. The molecule has 2 heterocycles. The molecule has 1 aromatic heterocycles. The van der Waals surface area contributed by atoms with Crippen molar-refractivity contribution in [2.45, 2.75) is 44.2 Å². The predicted octanol–water partition coefficient (Wildman–Crippen LogP) is -0.705. The summed E-state index contributed by atoms with van der Waals surface area (Å²) >= 11 is 0. The Labute approximate surface area is 164 Å². The Kier molecular flexibility index (Phi) is 6.84. The molecule has 0 radical (unpaired) electrons. The van der Waals surface area contributed by atoms with Crippen LogP contribution in [-0.4, -0.2) is 82.0 Å². The van der Waals surface area contributed by atoms with E-state index in [1.165, 1.54) is 24.6 Å². The highest BCUT2D eigenvalue weighted by atomic mass is 16.5. The van der Waals surface area contributed by atoms with Crippen molar-refractivity contribution in [3.05, 3.63) is 5.82 Å². The number of amides is 2. The van der Waals surface area contributed by atoms with E-state index < -0.39 is 0 Å². The molecule has 1 saturated carbocycles. The summed E-state index contributed by atoms with van der Waals surface area (Å²) in [5.74, 6) is 0.427. The summed E-state index contributed by atoms with van der Waals surface area (Å²) in [7, 11) is 3.15. The molecule has 28 heavy (non-hydrogen) atoms. The van der Waals surface area contributed by atoms with Crippen LogP contribution in [0.4, 0.5) is 0 Å². The number of carbonyl (C=O) groups is 2. The molecule has 1 aliphatic heterocycles. The second-order valence-corrected chi connectivity index (χ2v) is 7.56. The Morgan fingerprint density at radius 3 is 2.61 bits per heavy atom. The lowest BCUT2D eigenvalue weighted by molar-refractivity contribution is -0.122. The number of nitrogens with zero attached hydrogens (tertiary/aromatic N) is 4. The Balaban J connectivity index is 1.55. The number of hydrogen-bond acceptors (Lipinski definition) is 7. The van der Waals surface area contributed by atoms with Gasteiger partial charge < -0.3 is 20.5 Å². The first kappa shape index (κ1) is 20.5. The number of rotatable bonds is 10. The van der Waals surface area contributed by atoms with Crippen LogP contribution in [0, 0.1) is 5.92 Å². The van der Waals surface area contributed by atoms with Gasteiger partial charge in [0.25, 0.3) is 5.91 Å². The zero-order chi connectivity index (χ0) is 20.1. The van der Waals surface area contributed by atoms with Gasteiger partial charge in [-0.3, -0.25) is 14.5 Å². The van der Waals surface area contributed by atoms with E-state index in [4.69, 9.17) is 9.84 Å². The van der Waals surface area contributed by atoms with Crippen LogP contribution < -0.4 is 15.4 Å². The molecule has 0 aromatic carbocycles. The molecule has 156 valence electrons. The topological polar surface area (TPSA) is 122 Å². The van der Waals surface area contributed by atoms with E-state index in [1.807, 2.05) is 0 Å². The molecule has 10 heteroatoms. The van der Waals surface area contributed by atoms with E-state index in [0.29, 0.717) is 18.9 Å². The standard InChI is InChI=1S/C18H30N6O4/c1-23-18(28-2)21-16(22-23)17(27)20-10-14-6-5-13(9-15(26)19-7-8-25)24(14)11-12-3-4-12/h12-14,25H,3-11H2,1-2H3,(H,19,26)(H,20,27)/t13-,14+/m1/s1. The number of aryl methyl sites for hydroxylation is 1. The number of methoxy groups -OCH3 is 1. The molecule has 1 saturated heterocycles. The zero-order valence-electron chi connectivity index (χ0n) is 16.6. The average Bonchev–Trinajstić information content (AvgIpc) is 3.31. The molecule has 0 unspecified atom stereocenters. The monoisotopic (exact) mass is 394 g/mol. The Bertz CT molecular complexity index is 690. The van der Waals surface area contributed by atoms with Crippen LogP contribution in [0.25, 0.3) is 0 Å². The van der Waals surface area contributed by atoms with Crippen molar-refractivity contribution in [1.82, 2.24) is 30.3 Å². The van der Waals surface area contributed by atoms with E-state index >= 15 is 0 Å². The molecule has 3 rings (SSSR count). The lowest BCUT2D eigenvalue weighted by atomic mass is 10.1. The van der Waals surface area contributed by atoms with Gasteiger partial charge in [0, 0.05) is 45.2 Å². The molecule has 2 atom stereocenters. The van der Waals surface area contributed by atoms with Crippen molar-refractivity contribution >= 4 is 11.8 Å². The highest BCUT2D eigenvalue weighted by molar-refractivity contribution is 5.90. The molecular weight excluding hydrogens is 364 g/mol. The summed E-state index contributed by atoms with van der Waals surface area (Å²) in [6.45, 7) is 1.70. The first-order chi connectivity index (χ1) is 13.5. The van der Waals surface area contributed by atoms with E-state index in [9.17, 15) is 9.59 Å². The zero-order valence-corrected chi connectivity index (χ0v) is 16.6. The summed E-state index contributed by atoms with van der Waals surface area (Å²) in [5, 5.41) is 18.6. The van der Waals surface area contributed by atoms with Crippen molar-refractivity contribution in [2.24, 2.45) is 13.0 Å². The van der Waals surface area contributed by atoms with Crippen molar-refractivity contribution in [3.8, 4) is 6.01 Å². The number of nitrogens with one attached hydrogen (secondary N) is 2. The summed E-state index contributed by atoms with van der Waals surface area (Å²) in [6.07, 6.45) is 4.75. The summed E-state index contributed by atoms with van der Waals surface area (Å²) < 4.78 is 6.47. The van der Waals surface area contributed by atoms with Crippen LogP contribution in [0.2, 0.25) is 0 Å². The molecule has 2 amide bonds. The van der Waals surface area contributed by atoms with Gasteiger partial charge in [-0.25, -0.2) is 4.68 Å². The molecule has 0 spiro atoms. The van der Waals surface area contributed by atoms with Gasteiger partial charge in [0.2, 0.25) is 11.7 Å². The Morgan fingerprint density at radius 1 is 1.21 bits per heavy atom. The van der Waals surface area contributed by atoms with Gasteiger partial charge in [-0.1, -0.05) is 0 Å². The number of ether oxygens (including phenoxy) is 1. The fourth-order valence-corrected chi connectivity index (χ4v) is 3.77. The van der Waals surface area contributed by atoms with E-state index in [1.54, 1.807) is 7.05 Å². The molecule has 1 aromatic rings. The first-order valence-corrected chi connectivity index (χ1v) is 9.88. The normalized spacial score (nSPS) is 22.2. The molecule has 1 aliphatic carbocycles. The minimum absolute atomic E-state index is 0.0330. The minimum atomic E-state index is -0.325. The molecule has 10 nitrogen and oxygen atoms in total. The lowest BCUT2D eigenvalue weighted by Gasteiger charge is -2.30. The summed E-state index contributed by atoms with van der Waals surface area (Å²) in [4.78, 5) is 30.9. The van der Waals surface area contributed by atoms with Crippen molar-refractivity contribution in [1.29, 1.82) is 0 Å². The fraction of sp³-hybridized carbons (Fsp3) is 0.778. The fourth-order valence-electron chi connectivity index (χ4n) is 3.77. The van der Waals surface area contributed by atoms with Crippen molar-refractivity contribution in [3.63, 3.8) is 0 Å². The Morgan fingerprint density at radius 2 is 1.96 bits per heavy atom. The second-order valence-electron chi connectivity index (χ2n) is 7.56. The maximum Gasteiger partial charge on any atom is 0.314 e. The van der Waals surface area contributed by atoms with Crippen LogP contribution >= 0.6 is 0 Å². The van der Waals surface area contributed by atoms with Gasteiger partial charge in [-0.15, -0.1) is 5.10 Å². The van der Waals surface area contributed by atoms with Gasteiger partial charge >= 0.3 is 6.01 Å². The second kappa shape index (κ2) is 9.33. The number of aliphatic hydroxyl groups excluding tert-OH is 1. The van der Waals surface area contributed by atoms with Crippen LogP contribution in [0.5, 0.6) is 6.01 Å². The number of carbonyl (C=O) groups excluding carboxylic acids is 2. The average molecular weight is 394 g/mol. The van der Waals surface area contributed by atoms with Gasteiger partial charge in [-0.05, 0) is 31.6 Å². The highest BCUT2D eigenvalue weighted by Crippen LogP contribution is 2.35. The largest absolute Gasteiger partial charge is 0.467 e. The number of aliphatic hydroxyl groups is 1. The van der Waals surface area contributed by atoms with Crippen molar-refractivity contribution in [2.75, 3.05) is 33.4 Å². The van der Waals surface area contributed by atoms with E-state index in [0.717, 1.165) is 19.4 Å². The van der Waals surface area contributed by atoms with Gasteiger partial charge in [0.15, 0.2) is 0 Å². The van der Waals surface area contributed by atoms with Gasteiger partial charge in [0.05, 0.1) is 13.7 Å². The van der Waals surface area contributed by atoms with Crippen LogP contribution in [0.1, 0.15) is 42.7 Å². The third-order valence-electron chi connectivity index (χ3n) is 5.40. The third-order valence-corrected chi connectivity index (χ3v) is 5.40. The highest BCUT2D eigenvalue weighted by Gasteiger charge is 2.38. The quantitative estimate of drug-likeness (QED) is 0.479. The molecule has 2 fully saturated rings. The maximum absolute atomic E-state index is 12.4. The van der Waals surface area contributed by atoms with Crippen molar-refractivity contribution < 1.29 is 19.4 Å². The van der Waals surface area contributed by atoms with Gasteiger partial charge in [-0.2, -0.15) is 4.98 Å². The summed E-state index contributed by atoms with van der Waals surface area (Å²) in [5.41, 5.74) is 0. The molecule has 3 N–H and O–H groups in total. The number of aromatic nitrogens is 3. The van der Waals surface area contributed by atoms with E-state index in [2.05, 4.69) is 25.6 Å². The van der Waals surface area contributed by atoms with Crippen LogP contribution in [-0.2, 0) is 11.8 Å². The predicted molar refractivity (Wildman–Crippen MR) is 101 cm³/mol. The van der Waals surface area contributed by atoms with Crippen LogP contribution in [0.3, 0.4) is 0 Å². The molecular formula is C18H30N6O4. The SMILES string of the molecule is COc1nc(C(=O)NC[C@@H]2CC[C@H](CC(=O)NCCO)N2CC2CC2)nn1C. The number of hydrogen-bond donors (Lipinski definition) is 3. The lowest BCUT2D eigenvalue weighted by Crippen LogP contribution is -2.45. The Hall–Kier alpha value is -2.20. The smallest absolute Gasteiger partial charge is 0.314 e. The van der Waals surface area contributed by atoms with Crippen LogP contribution in [0.15, 0.2) is 0 Å². The third kappa shape index (κ3) is 5.20. The summed E-state index contributed by atoms with van der Waals surface area (Å²) in [6, 6.07) is 0.662. The molecule has 2 aliphatic rings. The van der Waals surface area contributed by atoms with E-state index in [-0.39, 0.29) is 48.9 Å². The first-order valence-electron chi connectivity index (χ1n) is 9.88. The molecule has 0 bridgehead atoms. The maximum atomic E-state index is 12.4. The van der Waals surface area contributed by atoms with Gasteiger partial charge in [0.1, 0.15) is 0 Å². The number of likely N-dealkylation sites (tertiary alicyclic amines) is 1.